The van der Waals surface area contributed by atoms with Gasteiger partial charge in [0, 0.05) is 49.2 Å². The van der Waals surface area contributed by atoms with E-state index in [0.29, 0.717) is 43.7 Å². The molecule has 1 aliphatic heterocycles. The van der Waals surface area contributed by atoms with Crippen LogP contribution in [0.25, 0.3) is 22.0 Å². The number of benzene rings is 2. The van der Waals surface area contributed by atoms with Crippen LogP contribution >= 0.6 is 0 Å². The van der Waals surface area contributed by atoms with Crippen LogP contribution in [0.15, 0.2) is 41.5 Å². The highest BCUT2D eigenvalue weighted by Gasteiger charge is 2.65. The van der Waals surface area contributed by atoms with Gasteiger partial charge in [0.2, 0.25) is 11.4 Å². The quantitative estimate of drug-likeness (QED) is 0.156. The van der Waals surface area contributed by atoms with Crippen LogP contribution in [-0.2, 0) is 32.6 Å². The van der Waals surface area contributed by atoms with Crippen molar-refractivity contribution in [3.05, 3.63) is 75.2 Å². The summed E-state index contributed by atoms with van der Waals surface area (Å²) in [6.07, 6.45) is 7.12. The second-order valence-electron chi connectivity index (χ2n) is 15.2. The van der Waals surface area contributed by atoms with Crippen molar-refractivity contribution in [3.63, 3.8) is 0 Å². The number of carbonyl (C=O) groups excluding carboxylic acids is 2. The molecule has 0 amide bonds. The van der Waals surface area contributed by atoms with Crippen LogP contribution in [0.2, 0.25) is 0 Å². The number of hydrogen-bond donors (Lipinski definition) is 3. The van der Waals surface area contributed by atoms with E-state index in [1.54, 1.807) is 29.8 Å². The van der Waals surface area contributed by atoms with Gasteiger partial charge in [-0.3, -0.25) is 14.1 Å². The molecule has 0 unspecified atom stereocenters. The number of ether oxygens (including phenoxy) is 1. The highest BCUT2D eigenvalue weighted by Crippen LogP contribution is 2.64. The summed E-state index contributed by atoms with van der Waals surface area (Å²) in [5, 5.41) is -0.179. The number of pyridine rings is 1. The van der Waals surface area contributed by atoms with Crippen LogP contribution in [0.4, 0.5) is 26.2 Å². The lowest BCUT2D eigenvalue weighted by Crippen LogP contribution is -2.42. The van der Waals surface area contributed by atoms with Gasteiger partial charge in [-0.05, 0) is 79.7 Å². The Hall–Kier alpha value is -4.96. The molecule has 4 aromatic rings. The minimum absolute atomic E-state index is 0.00657. The van der Waals surface area contributed by atoms with Gasteiger partial charge >= 0.3 is 5.97 Å². The SMILES string of the molecule is CC1(C)[C@@H]2CC[C@@]1(CS(=O)(=O)O)C(=O)C2.CCOC(=O)c1cn(C2CC2)c2c(F)c(-c3ccc4c(c3)CCN4Cc3cnc(N)nc3N)c(F)cc2c1=O. The molecule has 3 saturated carbocycles. The maximum atomic E-state index is 16.2. The number of esters is 1. The van der Waals surface area contributed by atoms with Crippen LogP contribution in [0.3, 0.4) is 0 Å². The smallest absolute Gasteiger partial charge is 0.343 e. The van der Waals surface area contributed by atoms with E-state index in [9.17, 15) is 22.8 Å². The molecule has 4 aliphatic rings. The summed E-state index contributed by atoms with van der Waals surface area (Å²) < 4.78 is 69.2. The van der Waals surface area contributed by atoms with Crippen LogP contribution in [0, 0.1) is 28.4 Å². The molecule has 2 bridgehead atoms. The lowest BCUT2D eigenvalue weighted by atomic mass is 9.70. The Labute approximate surface area is 310 Å². The van der Waals surface area contributed by atoms with Crippen molar-refractivity contribution in [3.8, 4) is 11.1 Å². The molecule has 5 N–H and O–H groups in total. The first kappa shape index (κ1) is 37.4. The molecule has 0 spiro atoms. The molecule has 16 heteroatoms. The molecular weight excluding hydrogens is 723 g/mol. The summed E-state index contributed by atoms with van der Waals surface area (Å²) in [4.78, 5) is 47.5. The number of anilines is 3. The maximum Gasteiger partial charge on any atom is 0.343 e. The third-order valence-electron chi connectivity index (χ3n) is 11.8. The highest BCUT2D eigenvalue weighted by molar-refractivity contribution is 7.85. The van der Waals surface area contributed by atoms with Crippen LogP contribution in [0.5, 0.6) is 0 Å². The van der Waals surface area contributed by atoms with Gasteiger partial charge in [-0.1, -0.05) is 19.9 Å². The van der Waals surface area contributed by atoms with E-state index >= 15 is 8.78 Å². The number of nitrogens with zero attached hydrogens (tertiary/aromatic N) is 4. The summed E-state index contributed by atoms with van der Waals surface area (Å²) in [7, 11) is -4.08. The molecule has 54 heavy (non-hydrogen) atoms. The van der Waals surface area contributed by atoms with Crippen molar-refractivity contribution in [1.29, 1.82) is 0 Å². The highest BCUT2D eigenvalue weighted by atomic mass is 32.2. The third-order valence-corrected chi connectivity index (χ3v) is 12.7. The summed E-state index contributed by atoms with van der Waals surface area (Å²) >= 11 is 0. The second kappa shape index (κ2) is 13.4. The van der Waals surface area contributed by atoms with Crippen molar-refractivity contribution < 1.29 is 36.1 Å². The van der Waals surface area contributed by atoms with Gasteiger partial charge in [0.05, 0.1) is 34.2 Å². The van der Waals surface area contributed by atoms with E-state index in [2.05, 4.69) is 14.9 Å². The van der Waals surface area contributed by atoms with E-state index < -0.39 is 44.3 Å². The fourth-order valence-corrected chi connectivity index (χ4v) is 9.97. The fourth-order valence-electron chi connectivity index (χ4n) is 8.67. The molecule has 3 aliphatic carbocycles. The molecule has 2 aromatic heterocycles. The molecule has 286 valence electrons. The predicted molar refractivity (Wildman–Crippen MR) is 198 cm³/mol. The summed E-state index contributed by atoms with van der Waals surface area (Å²) in [5.74, 6) is -2.20. The first-order valence-electron chi connectivity index (χ1n) is 17.9. The number of nitrogens with two attached hydrogens (primary N) is 2. The van der Waals surface area contributed by atoms with Gasteiger partial charge in [-0.15, -0.1) is 0 Å². The standard InChI is InChI=1S/C28H26F2N6O3.C10H16O4S/c1-2-39-27(38)19-13-36(17-4-5-17)24-18(25(19)37)10-20(29)22(23(24)30)15-3-6-21-14(9-15)7-8-35(21)12-16-11-33-28(32)34-26(16)31;1-9(2)7-3-4-10(9,8(11)5-7)6-15(12,13)14/h3,6,9-11,13,17H,2,4-5,7-8,12H2,1H3,(H4,31,32,33,34);7H,3-6H2,1-2H3,(H,12,13,14)/t;7-,10-/m.1/s1. The summed E-state index contributed by atoms with van der Waals surface area (Å²) in [6.45, 7) is 6.75. The molecule has 3 heterocycles. The molecule has 0 radical (unpaired) electrons. The van der Waals surface area contributed by atoms with Gasteiger partial charge in [-0.25, -0.2) is 18.6 Å². The summed E-state index contributed by atoms with van der Waals surface area (Å²) in [5.41, 5.74) is 12.2. The van der Waals surface area contributed by atoms with Gasteiger partial charge in [-0.2, -0.15) is 13.4 Å². The van der Waals surface area contributed by atoms with Gasteiger partial charge in [0.15, 0.2) is 5.82 Å². The predicted octanol–water partition coefficient (Wildman–Crippen LogP) is 5.25. The molecule has 2 atom stereocenters. The lowest BCUT2D eigenvalue weighted by Gasteiger charge is -2.35. The van der Waals surface area contributed by atoms with Gasteiger partial charge in [0.1, 0.15) is 23.0 Å². The minimum atomic E-state index is -4.08. The average Bonchev–Trinajstić information content (AvgIpc) is 3.79. The molecule has 3 fully saturated rings. The Kier molecular flexibility index (Phi) is 9.28. The number of ketones is 1. The topological polar surface area (TPSA) is 201 Å². The number of aromatic nitrogens is 3. The normalized spacial score (nSPS) is 21.3. The summed E-state index contributed by atoms with van der Waals surface area (Å²) in [6, 6.07) is 6.22. The van der Waals surface area contributed by atoms with Crippen molar-refractivity contribution in [2.45, 2.75) is 71.9 Å². The number of carbonyl (C=O) groups is 2. The Morgan fingerprint density at radius 2 is 1.87 bits per heavy atom. The lowest BCUT2D eigenvalue weighted by molar-refractivity contribution is -0.128. The zero-order valence-corrected chi connectivity index (χ0v) is 31.0. The van der Waals surface area contributed by atoms with Crippen LogP contribution < -0.4 is 21.8 Å². The Balaban J connectivity index is 0.000000251. The van der Waals surface area contributed by atoms with E-state index in [0.717, 1.165) is 42.1 Å². The van der Waals surface area contributed by atoms with Crippen molar-refractivity contribution in [1.82, 2.24) is 14.5 Å². The Morgan fingerprint density at radius 3 is 2.48 bits per heavy atom. The molecule has 13 nitrogen and oxygen atoms in total. The first-order valence-corrected chi connectivity index (χ1v) is 19.5. The van der Waals surface area contributed by atoms with Crippen LogP contribution in [-0.4, -0.2) is 58.2 Å². The third kappa shape index (κ3) is 6.38. The van der Waals surface area contributed by atoms with E-state index in [1.165, 1.54) is 6.20 Å². The number of hydrogen-bond acceptors (Lipinski definition) is 11. The first-order chi connectivity index (χ1) is 25.5. The van der Waals surface area contributed by atoms with Crippen molar-refractivity contribution in [2.75, 3.05) is 35.3 Å². The number of fused-ring (bicyclic) bond motifs is 4. The second-order valence-corrected chi connectivity index (χ2v) is 16.7. The number of rotatable bonds is 8. The minimum Gasteiger partial charge on any atom is -0.462 e. The fraction of sp³-hybridized carbons (Fsp3) is 0.447. The molecule has 0 saturated heterocycles. The molecule has 8 rings (SSSR count). The zero-order chi connectivity index (χ0) is 38.9. The molecule has 2 aromatic carbocycles. The van der Waals surface area contributed by atoms with Gasteiger partial charge < -0.3 is 25.7 Å². The number of halogens is 2. The number of nitrogen functional groups attached to an aromatic ring is 2. The van der Waals surface area contributed by atoms with Gasteiger partial charge in [0.25, 0.3) is 10.1 Å². The Morgan fingerprint density at radius 1 is 1.13 bits per heavy atom. The van der Waals surface area contributed by atoms with E-state index in [4.69, 9.17) is 20.8 Å². The maximum absolute atomic E-state index is 16.2. The molecular formula is C38H42F2N6O7S. The zero-order valence-electron chi connectivity index (χ0n) is 30.2. The Bertz CT molecular complexity index is 2400. The largest absolute Gasteiger partial charge is 0.462 e. The van der Waals surface area contributed by atoms with E-state index in [-0.39, 0.29) is 57.7 Å². The number of Topliss-reactive ketones (excluding diaryl/α,β-unsaturated/α-hetero) is 1. The van der Waals surface area contributed by atoms with Crippen molar-refractivity contribution in [2.24, 2.45) is 16.7 Å². The van der Waals surface area contributed by atoms with Crippen LogP contribution in [0.1, 0.15) is 80.4 Å². The van der Waals surface area contributed by atoms with E-state index in [1.807, 2.05) is 19.9 Å². The monoisotopic (exact) mass is 764 g/mol. The van der Waals surface area contributed by atoms with Crippen molar-refractivity contribution >= 4 is 50.2 Å². The average molecular weight is 765 g/mol.